The van der Waals surface area contributed by atoms with Crippen LogP contribution < -0.4 is 0 Å². The highest BCUT2D eigenvalue weighted by molar-refractivity contribution is 6.31. The number of aromatic hydroxyl groups is 1. The molecular weight excluding hydrogens is 256 g/mol. The molecule has 18 heavy (non-hydrogen) atoms. The first-order valence-electron chi connectivity index (χ1n) is 5.17. The van der Waals surface area contributed by atoms with Crippen LogP contribution in [0.4, 0.5) is 0 Å². The van der Waals surface area contributed by atoms with Crippen LogP contribution in [-0.2, 0) is 7.05 Å². The molecule has 5 nitrogen and oxygen atoms in total. The van der Waals surface area contributed by atoms with Gasteiger partial charge in [0.15, 0.2) is 5.69 Å². The van der Waals surface area contributed by atoms with Gasteiger partial charge in [-0.15, -0.1) is 0 Å². The second kappa shape index (κ2) is 4.34. The first-order chi connectivity index (χ1) is 8.40. The van der Waals surface area contributed by atoms with Gasteiger partial charge in [0.2, 0.25) is 0 Å². The summed E-state index contributed by atoms with van der Waals surface area (Å²) in [5.74, 6) is -1.05. The molecule has 0 radical (unpaired) electrons. The van der Waals surface area contributed by atoms with Crippen molar-refractivity contribution in [1.82, 2.24) is 9.78 Å². The van der Waals surface area contributed by atoms with Gasteiger partial charge in [-0.05, 0) is 30.7 Å². The summed E-state index contributed by atoms with van der Waals surface area (Å²) in [4.78, 5) is 10.9. The molecule has 0 fully saturated rings. The van der Waals surface area contributed by atoms with Crippen LogP contribution in [0.1, 0.15) is 16.1 Å². The first kappa shape index (κ1) is 12.4. The molecule has 2 aromatic rings. The molecule has 0 aliphatic rings. The van der Waals surface area contributed by atoms with E-state index in [9.17, 15) is 9.90 Å². The number of carboxylic acid groups (broad SMARTS) is 1. The molecule has 2 N–H and O–H groups in total. The fourth-order valence-electron chi connectivity index (χ4n) is 1.75. The highest BCUT2D eigenvalue weighted by atomic mass is 35.5. The number of nitrogens with zero attached hydrogens (tertiary/aromatic N) is 2. The number of carboxylic acids is 1. The number of phenolic OH excluding ortho intramolecular Hbond substituents is 1. The minimum atomic E-state index is -1.12. The number of aryl methyl sites for hydroxylation is 2. The average Bonchev–Trinajstić information content (AvgIpc) is 2.66. The smallest absolute Gasteiger partial charge is 0.356 e. The zero-order valence-corrected chi connectivity index (χ0v) is 10.6. The van der Waals surface area contributed by atoms with E-state index in [1.807, 2.05) is 0 Å². The number of hydrogen-bond donors (Lipinski definition) is 2. The molecule has 6 heteroatoms. The number of rotatable bonds is 2. The molecule has 0 saturated carbocycles. The molecule has 1 heterocycles. The Hall–Kier alpha value is -2.01. The van der Waals surface area contributed by atoms with E-state index in [2.05, 4.69) is 5.10 Å². The predicted octanol–water partition coefficient (Wildman–Crippen LogP) is 2.45. The van der Waals surface area contributed by atoms with Crippen molar-refractivity contribution in [3.63, 3.8) is 0 Å². The van der Waals surface area contributed by atoms with E-state index in [1.54, 1.807) is 26.1 Å². The topological polar surface area (TPSA) is 75.3 Å². The van der Waals surface area contributed by atoms with Gasteiger partial charge in [-0.25, -0.2) is 4.79 Å². The minimum absolute atomic E-state index is 0.0688. The third kappa shape index (κ3) is 2.04. The van der Waals surface area contributed by atoms with Crippen LogP contribution in [0.5, 0.6) is 5.75 Å². The summed E-state index contributed by atoms with van der Waals surface area (Å²) in [6.45, 7) is 1.72. The quantitative estimate of drug-likeness (QED) is 0.875. The normalized spacial score (nSPS) is 10.6. The van der Waals surface area contributed by atoms with Crippen molar-refractivity contribution >= 4 is 17.6 Å². The third-order valence-corrected chi connectivity index (χ3v) is 2.86. The number of benzene rings is 1. The maximum absolute atomic E-state index is 10.9. The van der Waals surface area contributed by atoms with E-state index in [1.165, 1.54) is 10.7 Å². The van der Waals surface area contributed by atoms with E-state index < -0.39 is 5.97 Å². The minimum Gasteiger partial charge on any atom is -0.507 e. The SMILES string of the molecule is Cc1cc(Cl)cc(-c2cc(C(=O)O)nn2C)c1O. The van der Waals surface area contributed by atoms with E-state index >= 15 is 0 Å². The van der Waals surface area contributed by atoms with Crippen LogP contribution in [0.25, 0.3) is 11.3 Å². The highest BCUT2D eigenvalue weighted by Crippen LogP contribution is 2.34. The fourth-order valence-corrected chi connectivity index (χ4v) is 2.03. The largest absolute Gasteiger partial charge is 0.507 e. The Morgan fingerprint density at radius 2 is 2.06 bits per heavy atom. The Morgan fingerprint density at radius 3 is 2.61 bits per heavy atom. The molecule has 0 bridgehead atoms. The van der Waals surface area contributed by atoms with Crippen LogP contribution in [0.15, 0.2) is 18.2 Å². The zero-order chi connectivity index (χ0) is 13.4. The lowest BCUT2D eigenvalue weighted by Crippen LogP contribution is -1.99. The van der Waals surface area contributed by atoms with Crippen molar-refractivity contribution in [2.75, 3.05) is 0 Å². The molecule has 1 aromatic heterocycles. The average molecular weight is 267 g/mol. The fraction of sp³-hybridized carbons (Fsp3) is 0.167. The lowest BCUT2D eigenvalue weighted by atomic mass is 10.1. The molecular formula is C12H11ClN2O3. The van der Waals surface area contributed by atoms with Gasteiger partial charge in [-0.1, -0.05) is 11.6 Å². The van der Waals surface area contributed by atoms with Crippen molar-refractivity contribution in [2.45, 2.75) is 6.92 Å². The van der Waals surface area contributed by atoms with Crippen LogP contribution in [0.2, 0.25) is 5.02 Å². The van der Waals surface area contributed by atoms with Crippen LogP contribution in [-0.4, -0.2) is 26.0 Å². The molecule has 2 rings (SSSR count). The maximum Gasteiger partial charge on any atom is 0.356 e. The van der Waals surface area contributed by atoms with Gasteiger partial charge >= 0.3 is 5.97 Å². The van der Waals surface area contributed by atoms with Gasteiger partial charge in [0.05, 0.1) is 5.69 Å². The Kier molecular flexibility index (Phi) is 3.00. The zero-order valence-electron chi connectivity index (χ0n) is 9.81. The monoisotopic (exact) mass is 266 g/mol. The van der Waals surface area contributed by atoms with Gasteiger partial charge in [0.25, 0.3) is 0 Å². The summed E-state index contributed by atoms with van der Waals surface area (Å²) < 4.78 is 1.40. The second-order valence-corrected chi connectivity index (χ2v) is 4.40. The summed E-state index contributed by atoms with van der Waals surface area (Å²) in [7, 11) is 1.61. The molecule has 0 amide bonds. The van der Waals surface area contributed by atoms with Gasteiger partial charge in [-0.2, -0.15) is 5.10 Å². The van der Waals surface area contributed by atoms with Gasteiger partial charge in [0.1, 0.15) is 5.75 Å². The van der Waals surface area contributed by atoms with Crippen LogP contribution in [0.3, 0.4) is 0 Å². The van der Waals surface area contributed by atoms with E-state index in [4.69, 9.17) is 16.7 Å². The Balaban J connectivity index is 2.65. The summed E-state index contributed by atoms with van der Waals surface area (Å²) in [6, 6.07) is 4.61. The number of hydrogen-bond acceptors (Lipinski definition) is 3. The van der Waals surface area contributed by atoms with E-state index in [0.29, 0.717) is 21.8 Å². The molecule has 0 spiro atoms. The van der Waals surface area contributed by atoms with E-state index in [0.717, 1.165) is 0 Å². The van der Waals surface area contributed by atoms with E-state index in [-0.39, 0.29) is 11.4 Å². The number of halogens is 1. The number of carbonyl (C=O) groups is 1. The van der Waals surface area contributed by atoms with Crippen LogP contribution in [0, 0.1) is 6.92 Å². The van der Waals surface area contributed by atoms with Crippen molar-refractivity contribution in [3.8, 4) is 17.0 Å². The van der Waals surface area contributed by atoms with Crippen molar-refractivity contribution in [1.29, 1.82) is 0 Å². The number of aromatic nitrogens is 2. The Bertz CT molecular complexity index is 634. The lowest BCUT2D eigenvalue weighted by molar-refractivity contribution is 0.0689. The Morgan fingerprint density at radius 1 is 1.39 bits per heavy atom. The standard InChI is InChI=1S/C12H11ClN2O3/c1-6-3-7(13)4-8(11(6)16)10-5-9(12(17)18)14-15(10)2/h3-5,16H,1-2H3,(H,17,18). The first-order valence-corrected chi connectivity index (χ1v) is 5.54. The number of aromatic carboxylic acids is 1. The highest BCUT2D eigenvalue weighted by Gasteiger charge is 2.16. The molecule has 0 aliphatic heterocycles. The lowest BCUT2D eigenvalue weighted by Gasteiger charge is -2.08. The summed E-state index contributed by atoms with van der Waals surface area (Å²) >= 11 is 5.94. The van der Waals surface area contributed by atoms with Crippen molar-refractivity contribution < 1.29 is 15.0 Å². The van der Waals surface area contributed by atoms with Crippen molar-refractivity contribution in [3.05, 3.63) is 34.5 Å². The second-order valence-electron chi connectivity index (χ2n) is 3.96. The molecule has 94 valence electrons. The van der Waals surface area contributed by atoms with Gasteiger partial charge in [-0.3, -0.25) is 4.68 Å². The van der Waals surface area contributed by atoms with Crippen LogP contribution >= 0.6 is 11.6 Å². The molecule has 1 aromatic carbocycles. The summed E-state index contributed by atoms with van der Waals surface area (Å²) in [5.41, 5.74) is 1.50. The Labute approximate surface area is 108 Å². The molecule has 0 aliphatic carbocycles. The number of phenols is 1. The predicted molar refractivity (Wildman–Crippen MR) is 67.0 cm³/mol. The van der Waals surface area contributed by atoms with Gasteiger partial charge in [0, 0.05) is 17.6 Å². The molecule has 0 saturated heterocycles. The molecule has 0 unspecified atom stereocenters. The van der Waals surface area contributed by atoms with Crippen molar-refractivity contribution in [2.24, 2.45) is 7.05 Å². The summed E-state index contributed by atoms with van der Waals surface area (Å²) in [6.07, 6.45) is 0. The van der Waals surface area contributed by atoms with Gasteiger partial charge < -0.3 is 10.2 Å². The summed E-state index contributed by atoms with van der Waals surface area (Å²) in [5, 5.41) is 23.2. The maximum atomic E-state index is 10.9. The molecule has 0 atom stereocenters. The third-order valence-electron chi connectivity index (χ3n) is 2.64.